The van der Waals surface area contributed by atoms with Crippen molar-refractivity contribution in [3.63, 3.8) is 0 Å². The molecule has 1 heterocycles. The monoisotopic (exact) mass is 254 g/mol. The molecule has 1 rings (SSSR count). The van der Waals surface area contributed by atoms with Gasteiger partial charge in [0.1, 0.15) is 17.6 Å². The number of amidine groups is 1. The topological polar surface area (TPSA) is 88.1 Å². The second kappa shape index (κ2) is 5.91. The summed E-state index contributed by atoms with van der Waals surface area (Å²) < 4.78 is 5.45. The van der Waals surface area contributed by atoms with Gasteiger partial charge in [-0.1, -0.05) is 11.8 Å². The number of hydrogen-bond donors (Lipinski definition) is 3. The molecule has 1 aliphatic heterocycles. The molecule has 15 heavy (non-hydrogen) atoms. The van der Waals surface area contributed by atoms with Crippen molar-refractivity contribution in [2.45, 2.75) is 30.2 Å². The van der Waals surface area contributed by atoms with Crippen molar-refractivity contribution in [1.29, 1.82) is 0 Å². The lowest BCUT2D eigenvalue weighted by molar-refractivity contribution is -0.135. The molecule has 0 saturated carbocycles. The molecule has 1 aliphatic rings. The van der Waals surface area contributed by atoms with Gasteiger partial charge in [0, 0.05) is 13.5 Å². The third-order valence-corrected chi connectivity index (χ3v) is 3.45. The van der Waals surface area contributed by atoms with Crippen LogP contribution < -0.4 is 5.73 Å². The Bertz CT molecular complexity index is 242. The molecule has 4 atom stereocenters. The van der Waals surface area contributed by atoms with Crippen LogP contribution in [-0.2, 0) is 4.74 Å². The van der Waals surface area contributed by atoms with Crippen LogP contribution in [0.1, 0.15) is 6.42 Å². The second-order valence-electron chi connectivity index (χ2n) is 3.23. The fraction of sp³-hybridized carbons (Fsp3) is 0.875. The number of hydrogen-bond acceptors (Lipinski definition) is 5. The number of ether oxygens (including phenoxy) is 1. The summed E-state index contributed by atoms with van der Waals surface area (Å²) in [6.07, 6.45) is -2.00. The van der Waals surface area contributed by atoms with Gasteiger partial charge in [-0.25, -0.2) is 0 Å². The number of halogens is 1. The van der Waals surface area contributed by atoms with E-state index >= 15 is 0 Å². The van der Waals surface area contributed by atoms with Crippen LogP contribution in [0.15, 0.2) is 4.99 Å². The number of aliphatic hydroxyl groups is 2. The van der Waals surface area contributed by atoms with Crippen molar-refractivity contribution in [2.75, 3.05) is 12.9 Å². The third-order valence-electron chi connectivity index (χ3n) is 2.16. The molecule has 0 spiro atoms. The van der Waals surface area contributed by atoms with E-state index in [9.17, 15) is 10.2 Å². The third kappa shape index (κ3) is 3.49. The number of alkyl halides is 1. The zero-order valence-electron chi connectivity index (χ0n) is 8.34. The minimum Gasteiger partial charge on any atom is -0.390 e. The molecule has 0 aliphatic carbocycles. The van der Waals surface area contributed by atoms with Crippen LogP contribution in [0, 0.1) is 0 Å². The van der Waals surface area contributed by atoms with Gasteiger partial charge in [-0.3, -0.25) is 4.99 Å². The first-order valence-corrected chi connectivity index (χ1v) is 5.96. The second-order valence-corrected chi connectivity index (χ2v) is 4.72. The van der Waals surface area contributed by atoms with Gasteiger partial charge in [-0.15, -0.1) is 11.6 Å². The molecule has 1 unspecified atom stereocenters. The summed E-state index contributed by atoms with van der Waals surface area (Å²) in [6, 6.07) is 0. The average molecular weight is 255 g/mol. The Balaban J connectivity index is 2.55. The van der Waals surface area contributed by atoms with Gasteiger partial charge >= 0.3 is 0 Å². The highest BCUT2D eigenvalue weighted by Gasteiger charge is 2.36. The van der Waals surface area contributed by atoms with Gasteiger partial charge in [-0.2, -0.15) is 0 Å². The number of aliphatic imine (C=N–C) groups is 1. The highest BCUT2D eigenvalue weighted by atomic mass is 35.5. The first-order valence-electron chi connectivity index (χ1n) is 4.55. The molecular formula is C8H15ClN2O3S. The van der Waals surface area contributed by atoms with E-state index in [1.165, 1.54) is 11.8 Å². The van der Waals surface area contributed by atoms with Gasteiger partial charge in [0.2, 0.25) is 0 Å². The summed E-state index contributed by atoms with van der Waals surface area (Å²) in [5, 5.41) is 19.5. The van der Waals surface area contributed by atoms with Crippen LogP contribution in [0.3, 0.4) is 0 Å². The minimum atomic E-state index is -0.931. The summed E-state index contributed by atoms with van der Waals surface area (Å²) in [5.41, 5.74) is 5.22. The van der Waals surface area contributed by atoms with Crippen LogP contribution in [0.25, 0.3) is 0 Å². The smallest absolute Gasteiger partial charge is 0.156 e. The quantitative estimate of drug-likeness (QED) is 0.359. The fourth-order valence-corrected chi connectivity index (χ4v) is 2.43. The normalized spacial score (nSPS) is 38.0. The number of rotatable bonds is 2. The summed E-state index contributed by atoms with van der Waals surface area (Å²) in [6.45, 7) is 0. The lowest BCUT2D eigenvalue weighted by atomic mass is 10.0. The Hall–Kier alpha value is -0.0100. The Labute approximate surface area is 97.7 Å². The van der Waals surface area contributed by atoms with E-state index in [1.54, 1.807) is 7.05 Å². The molecule has 88 valence electrons. The standard InChI is InChI=1S/C8H15ClN2O3S/c1-11-8(10)15-6-2-4(12)7(13)5(3-9)14-6/h4-7,12-13H,2-3H2,1H3,(H2,10,11)/t4-,5?,6-,7+/m1/s1. The van der Waals surface area contributed by atoms with Crippen LogP contribution in [-0.4, -0.2) is 52.1 Å². The fourth-order valence-electron chi connectivity index (χ4n) is 1.31. The van der Waals surface area contributed by atoms with Crippen LogP contribution in [0.4, 0.5) is 0 Å². The molecule has 0 amide bonds. The van der Waals surface area contributed by atoms with Crippen molar-refractivity contribution < 1.29 is 14.9 Å². The zero-order chi connectivity index (χ0) is 11.4. The predicted molar refractivity (Wildman–Crippen MR) is 61.1 cm³/mol. The number of aliphatic hydroxyl groups excluding tert-OH is 2. The lowest BCUT2D eigenvalue weighted by Gasteiger charge is -2.35. The highest BCUT2D eigenvalue weighted by Crippen LogP contribution is 2.28. The van der Waals surface area contributed by atoms with Gasteiger partial charge in [0.15, 0.2) is 5.17 Å². The Morgan fingerprint density at radius 3 is 2.87 bits per heavy atom. The van der Waals surface area contributed by atoms with Gasteiger partial charge in [0.05, 0.1) is 12.0 Å². The summed E-state index contributed by atoms with van der Waals surface area (Å²) in [4.78, 5) is 3.78. The summed E-state index contributed by atoms with van der Waals surface area (Å²) in [7, 11) is 1.58. The van der Waals surface area contributed by atoms with Crippen LogP contribution in [0.5, 0.6) is 0 Å². The predicted octanol–water partition coefficient (Wildman–Crippen LogP) is -0.260. The molecular weight excluding hydrogens is 240 g/mol. The molecule has 0 radical (unpaired) electrons. The van der Waals surface area contributed by atoms with E-state index in [0.717, 1.165) is 0 Å². The van der Waals surface area contributed by atoms with Gasteiger partial charge in [0.25, 0.3) is 0 Å². The molecule has 1 saturated heterocycles. The molecule has 0 bridgehead atoms. The molecule has 0 aromatic carbocycles. The molecule has 0 aromatic rings. The molecule has 0 aromatic heterocycles. The van der Waals surface area contributed by atoms with Gasteiger partial charge < -0.3 is 20.7 Å². The van der Waals surface area contributed by atoms with Gasteiger partial charge in [-0.05, 0) is 0 Å². The Morgan fingerprint density at radius 2 is 2.33 bits per heavy atom. The zero-order valence-corrected chi connectivity index (χ0v) is 9.91. The number of thioether (sulfide) groups is 1. The maximum Gasteiger partial charge on any atom is 0.156 e. The highest BCUT2D eigenvalue weighted by molar-refractivity contribution is 8.14. The Morgan fingerprint density at radius 1 is 1.67 bits per heavy atom. The van der Waals surface area contributed by atoms with Crippen molar-refractivity contribution >= 4 is 28.5 Å². The molecule has 4 N–H and O–H groups in total. The first-order chi connectivity index (χ1) is 7.08. The minimum absolute atomic E-state index is 0.137. The first kappa shape index (κ1) is 13.1. The lowest BCUT2D eigenvalue weighted by Crippen LogP contribution is -2.48. The van der Waals surface area contributed by atoms with E-state index in [4.69, 9.17) is 22.1 Å². The van der Waals surface area contributed by atoms with E-state index in [-0.39, 0.29) is 11.3 Å². The van der Waals surface area contributed by atoms with E-state index in [2.05, 4.69) is 4.99 Å². The van der Waals surface area contributed by atoms with E-state index < -0.39 is 18.3 Å². The van der Waals surface area contributed by atoms with E-state index in [1.807, 2.05) is 0 Å². The van der Waals surface area contributed by atoms with Crippen molar-refractivity contribution in [1.82, 2.24) is 0 Å². The van der Waals surface area contributed by atoms with Crippen molar-refractivity contribution in [3.8, 4) is 0 Å². The molecule has 5 nitrogen and oxygen atoms in total. The molecule has 1 fully saturated rings. The largest absolute Gasteiger partial charge is 0.390 e. The molecule has 7 heteroatoms. The summed E-state index contributed by atoms with van der Waals surface area (Å²) in [5.74, 6) is 0.137. The SMILES string of the molecule is CN=C(N)S[C@@H]1C[C@@H](O)[C@H](O)C(CCl)O1. The number of nitrogens with two attached hydrogens (primary N) is 1. The van der Waals surface area contributed by atoms with E-state index in [0.29, 0.717) is 11.6 Å². The van der Waals surface area contributed by atoms with Crippen LogP contribution in [0.2, 0.25) is 0 Å². The number of nitrogens with zero attached hydrogens (tertiary/aromatic N) is 1. The van der Waals surface area contributed by atoms with Crippen LogP contribution >= 0.6 is 23.4 Å². The maximum absolute atomic E-state index is 9.55. The summed E-state index contributed by atoms with van der Waals surface area (Å²) >= 11 is 6.83. The Kier molecular flexibility index (Phi) is 5.14. The van der Waals surface area contributed by atoms with Crippen molar-refractivity contribution in [3.05, 3.63) is 0 Å². The average Bonchev–Trinajstić information content (AvgIpc) is 2.22. The maximum atomic E-state index is 9.55. The van der Waals surface area contributed by atoms with Crippen molar-refractivity contribution in [2.24, 2.45) is 10.7 Å².